The van der Waals surface area contributed by atoms with E-state index < -0.39 is 10.0 Å². The second kappa shape index (κ2) is 7.67. The number of sulfonamides is 1. The molecule has 1 heterocycles. The fourth-order valence-electron chi connectivity index (χ4n) is 2.47. The predicted molar refractivity (Wildman–Crippen MR) is 104 cm³/mol. The molecule has 0 spiro atoms. The second-order valence-corrected chi connectivity index (χ2v) is 8.60. The summed E-state index contributed by atoms with van der Waals surface area (Å²) in [5.41, 5.74) is 0.387. The SMILES string of the molecule is CN(C)S(=O)(=O)c1ccc(OCCn2cnc3ccc(Cl)cc3c2=O)cc1. The minimum absolute atomic E-state index is 0.187. The van der Waals surface area contributed by atoms with Crippen LogP contribution in [0.4, 0.5) is 0 Å². The summed E-state index contributed by atoms with van der Waals surface area (Å²) in [4.78, 5) is 16.9. The van der Waals surface area contributed by atoms with E-state index in [-0.39, 0.29) is 17.1 Å². The van der Waals surface area contributed by atoms with Crippen molar-refractivity contribution in [3.63, 3.8) is 0 Å². The summed E-state index contributed by atoms with van der Waals surface area (Å²) in [6.07, 6.45) is 1.47. The number of hydrogen-bond acceptors (Lipinski definition) is 5. The van der Waals surface area contributed by atoms with Crippen molar-refractivity contribution in [2.24, 2.45) is 0 Å². The van der Waals surface area contributed by atoms with Gasteiger partial charge >= 0.3 is 0 Å². The number of halogens is 1. The summed E-state index contributed by atoms with van der Waals surface area (Å²) in [6.45, 7) is 0.527. The summed E-state index contributed by atoms with van der Waals surface area (Å²) in [5, 5.41) is 0.923. The third-order valence-corrected chi connectivity index (χ3v) is 6.05. The third-order valence-electron chi connectivity index (χ3n) is 3.99. The lowest BCUT2D eigenvalue weighted by Crippen LogP contribution is -2.23. The second-order valence-electron chi connectivity index (χ2n) is 6.01. The van der Waals surface area contributed by atoms with Crippen LogP contribution in [0.25, 0.3) is 10.9 Å². The molecule has 1 aromatic heterocycles. The van der Waals surface area contributed by atoms with Gasteiger partial charge in [0, 0.05) is 19.1 Å². The van der Waals surface area contributed by atoms with E-state index in [1.54, 1.807) is 30.3 Å². The van der Waals surface area contributed by atoms with E-state index in [4.69, 9.17) is 16.3 Å². The first-order valence-electron chi connectivity index (χ1n) is 8.09. The monoisotopic (exact) mass is 407 g/mol. The van der Waals surface area contributed by atoms with Gasteiger partial charge in [-0.05, 0) is 42.5 Å². The molecule has 0 unspecified atom stereocenters. The topological polar surface area (TPSA) is 81.5 Å². The maximum Gasteiger partial charge on any atom is 0.261 e. The Hall–Kier alpha value is -2.42. The lowest BCUT2D eigenvalue weighted by atomic mass is 10.2. The fraction of sp³-hybridized carbons (Fsp3) is 0.222. The van der Waals surface area contributed by atoms with E-state index in [2.05, 4.69) is 4.98 Å². The third kappa shape index (κ3) is 4.13. The average Bonchev–Trinajstić information content (AvgIpc) is 2.64. The van der Waals surface area contributed by atoms with Crippen LogP contribution in [0.15, 0.2) is 58.5 Å². The molecule has 7 nitrogen and oxygen atoms in total. The molecule has 0 atom stereocenters. The molecule has 0 saturated heterocycles. The summed E-state index contributed by atoms with van der Waals surface area (Å²) >= 11 is 5.95. The maximum absolute atomic E-state index is 12.5. The molecule has 3 aromatic rings. The Bertz CT molecular complexity index is 1130. The van der Waals surface area contributed by atoms with E-state index in [9.17, 15) is 13.2 Å². The van der Waals surface area contributed by atoms with Gasteiger partial charge in [0.1, 0.15) is 12.4 Å². The molecule has 0 saturated carbocycles. The largest absolute Gasteiger partial charge is 0.492 e. The zero-order chi connectivity index (χ0) is 19.6. The first kappa shape index (κ1) is 19.3. The molecule has 9 heteroatoms. The van der Waals surface area contributed by atoms with Crippen molar-refractivity contribution in [3.8, 4) is 5.75 Å². The van der Waals surface area contributed by atoms with Gasteiger partial charge in [0.2, 0.25) is 10.0 Å². The van der Waals surface area contributed by atoms with E-state index in [0.717, 1.165) is 4.31 Å². The van der Waals surface area contributed by atoms with Gasteiger partial charge in [-0.2, -0.15) is 0 Å². The Morgan fingerprint density at radius 2 is 1.85 bits per heavy atom. The molecule has 0 aliphatic rings. The number of benzene rings is 2. The van der Waals surface area contributed by atoms with Gasteiger partial charge in [0.05, 0.1) is 28.7 Å². The van der Waals surface area contributed by atoms with Crippen LogP contribution in [-0.4, -0.2) is 43.0 Å². The van der Waals surface area contributed by atoms with Crippen LogP contribution in [0.3, 0.4) is 0 Å². The van der Waals surface area contributed by atoms with Crippen LogP contribution in [0.1, 0.15) is 0 Å². The van der Waals surface area contributed by atoms with Crippen molar-refractivity contribution in [2.45, 2.75) is 11.4 Å². The molecule has 0 radical (unpaired) electrons. The van der Waals surface area contributed by atoms with E-state index in [1.165, 1.54) is 37.1 Å². The lowest BCUT2D eigenvalue weighted by molar-refractivity contribution is 0.296. The molecule has 0 amide bonds. The van der Waals surface area contributed by atoms with Gasteiger partial charge in [0.15, 0.2) is 0 Å². The molecule has 0 N–H and O–H groups in total. The normalized spacial score (nSPS) is 11.9. The highest BCUT2D eigenvalue weighted by atomic mass is 35.5. The van der Waals surface area contributed by atoms with Crippen molar-refractivity contribution in [1.29, 1.82) is 0 Å². The zero-order valence-electron chi connectivity index (χ0n) is 14.8. The zero-order valence-corrected chi connectivity index (χ0v) is 16.4. The van der Waals surface area contributed by atoms with Crippen molar-refractivity contribution in [1.82, 2.24) is 13.9 Å². The standard InChI is InChI=1S/C18H18ClN3O4S/c1-21(2)27(24,25)15-6-4-14(5-7-15)26-10-9-22-12-20-17-8-3-13(19)11-16(17)18(22)23/h3-8,11-12H,9-10H2,1-2H3. The van der Waals surface area contributed by atoms with Crippen LogP contribution in [-0.2, 0) is 16.6 Å². The fourth-order valence-corrected chi connectivity index (χ4v) is 3.54. The van der Waals surface area contributed by atoms with Crippen LogP contribution >= 0.6 is 11.6 Å². The van der Waals surface area contributed by atoms with Gasteiger partial charge in [-0.25, -0.2) is 17.7 Å². The van der Waals surface area contributed by atoms with Crippen LogP contribution in [0, 0.1) is 0 Å². The number of ether oxygens (including phenoxy) is 1. The molecular formula is C18H18ClN3O4S. The Morgan fingerprint density at radius 3 is 2.52 bits per heavy atom. The number of aromatic nitrogens is 2. The summed E-state index contributed by atoms with van der Waals surface area (Å²) in [7, 11) is -0.525. The Morgan fingerprint density at radius 1 is 1.15 bits per heavy atom. The van der Waals surface area contributed by atoms with E-state index in [0.29, 0.717) is 28.2 Å². The first-order chi connectivity index (χ1) is 12.8. The highest BCUT2D eigenvalue weighted by Crippen LogP contribution is 2.18. The van der Waals surface area contributed by atoms with E-state index in [1.807, 2.05) is 0 Å². The van der Waals surface area contributed by atoms with Crippen LogP contribution in [0.5, 0.6) is 5.75 Å². The Kier molecular flexibility index (Phi) is 5.50. The summed E-state index contributed by atoms with van der Waals surface area (Å²) in [5.74, 6) is 0.512. The molecule has 3 rings (SSSR count). The van der Waals surface area contributed by atoms with Gasteiger partial charge in [-0.3, -0.25) is 9.36 Å². The quantitative estimate of drug-likeness (QED) is 0.626. The van der Waals surface area contributed by atoms with Crippen molar-refractivity contribution < 1.29 is 13.2 Å². The number of hydrogen-bond donors (Lipinski definition) is 0. The van der Waals surface area contributed by atoms with Gasteiger partial charge < -0.3 is 4.74 Å². The Labute approximate surface area is 161 Å². The minimum atomic E-state index is -3.47. The summed E-state index contributed by atoms with van der Waals surface area (Å²) < 4.78 is 32.3. The van der Waals surface area contributed by atoms with Crippen molar-refractivity contribution >= 4 is 32.5 Å². The smallest absolute Gasteiger partial charge is 0.261 e. The average molecular weight is 408 g/mol. The van der Waals surface area contributed by atoms with Crippen molar-refractivity contribution in [3.05, 3.63) is 64.2 Å². The molecule has 0 aliphatic carbocycles. The molecule has 0 aliphatic heterocycles. The maximum atomic E-state index is 12.5. The van der Waals surface area contributed by atoms with Gasteiger partial charge in [-0.15, -0.1) is 0 Å². The molecular weight excluding hydrogens is 390 g/mol. The minimum Gasteiger partial charge on any atom is -0.492 e. The highest BCUT2D eigenvalue weighted by molar-refractivity contribution is 7.89. The van der Waals surface area contributed by atoms with E-state index >= 15 is 0 Å². The Balaban J connectivity index is 1.69. The molecule has 142 valence electrons. The molecule has 27 heavy (non-hydrogen) atoms. The van der Waals surface area contributed by atoms with Crippen LogP contribution < -0.4 is 10.3 Å². The summed E-state index contributed by atoms with van der Waals surface area (Å²) in [6, 6.07) is 11.1. The molecule has 0 bridgehead atoms. The number of nitrogens with zero attached hydrogens (tertiary/aromatic N) is 3. The van der Waals surface area contributed by atoms with Crippen LogP contribution in [0.2, 0.25) is 5.02 Å². The number of fused-ring (bicyclic) bond motifs is 1. The predicted octanol–water partition coefficient (Wildman–Crippen LogP) is 2.38. The highest BCUT2D eigenvalue weighted by Gasteiger charge is 2.16. The van der Waals surface area contributed by atoms with Crippen molar-refractivity contribution in [2.75, 3.05) is 20.7 Å². The van der Waals surface area contributed by atoms with Gasteiger partial charge in [0.25, 0.3) is 5.56 Å². The molecule has 0 fully saturated rings. The first-order valence-corrected chi connectivity index (χ1v) is 9.91. The number of rotatable bonds is 6. The van der Waals surface area contributed by atoms with Gasteiger partial charge in [-0.1, -0.05) is 11.6 Å². The molecule has 2 aromatic carbocycles. The lowest BCUT2D eigenvalue weighted by Gasteiger charge is -2.12.